The lowest BCUT2D eigenvalue weighted by Gasteiger charge is -2.28. The average Bonchev–Trinajstić information content (AvgIpc) is 3.25. The zero-order valence-corrected chi connectivity index (χ0v) is 12.5. The van der Waals surface area contributed by atoms with Gasteiger partial charge in [-0.1, -0.05) is 0 Å². The third-order valence-corrected chi connectivity index (χ3v) is 4.05. The fourth-order valence-electron chi connectivity index (χ4n) is 2.71. The van der Waals surface area contributed by atoms with Crippen molar-refractivity contribution in [2.24, 2.45) is 11.8 Å². The number of aliphatic hydroxyl groups is 1. The first-order valence-corrected chi connectivity index (χ1v) is 7.72. The third kappa shape index (κ3) is 6.50. The second-order valence-electron chi connectivity index (χ2n) is 6.03. The number of epoxide rings is 1. The topological polar surface area (TPSA) is 60.5 Å². The molecule has 0 aromatic rings. The highest BCUT2D eigenvalue weighted by Crippen LogP contribution is 2.29. The second-order valence-corrected chi connectivity index (χ2v) is 6.03. The van der Waals surface area contributed by atoms with E-state index in [1.807, 2.05) is 0 Å². The smallest absolute Gasteiger partial charge is 0.104 e. The van der Waals surface area contributed by atoms with Crippen LogP contribution in [0.1, 0.15) is 25.7 Å². The van der Waals surface area contributed by atoms with Gasteiger partial charge in [0.25, 0.3) is 0 Å². The molecule has 1 saturated heterocycles. The molecule has 1 heterocycles. The van der Waals surface area contributed by atoms with Gasteiger partial charge in [-0.05, 0) is 37.5 Å². The van der Waals surface area contributed by atoms with Crippen LogP contribution in [0.5, 0.6) is 0 Å². The Kier molecular flexibility index (Phi) is 7.24. The van der Waals surface area contributed by atoms with Crippen LogP contribution < -0.4 is 0 Å². The zero-order valence-electron chi connectivity index (χ0n) is 12.5. The van der Waals surface area contributed by atoms with Crippen LogP contribution in [0.25, 0.3) is 0 Å². The minimum absolute atomic E-state index is 0.342. The predicted molar refractivity (Wildman–Crippen MR) is 74.7 cm³/mol. The van der Waals surface area contributed by atoms with E-state index in [1.54, 1.807) is 7.11 Å². The lowest BCUT2D eigenvalue weighted by atomic mass is 9.83. The molecule has 1 saturated carbocycles. The van der Waals surface area contributed by atoms with E-state index in [0.717, 1.165) is 26.4 Å². The number of hydrogen-bond donors (Lipinski definition) is 1. The molecule has 0 radical (unpaired) electrons. The maximum absolute atomic E-state index is 9.49. The van der Waals surface area contributed by atoms with E-state index in [2.05, 4.69) is 0 Å². The van der Waals surface area contributed by atoms with Gasteiger partial charge in [-0.3, -0.25) is 0 Å². The Morgan fingerprint density at radius 1 is 1.00 bits per heavy atom. The Labute approximate surface area is 121 Å². The van der Waals surface area contributed by atoms with Crippen LogP contribution in [-0.2, 0) is 18.9 Å². The van der Waals surface area contributed by atoms with E-state index in [-0.39, 0.29) is 0 Å². The van der Waals surface area contributed by atoms with Gasteiger partial charge in [0, 0.05) is 20.3 Å². The van der Waals surface area contributed by atoms with E-state index in [9.17, 15) is 5.11 Å². The summed E-state index contributed by atoms with van der Waals surface area (Å²) in [6.45, 7) is 3.98. The van der Waals surface area contributed by atoms with Crippen molar-refractivity contribution in [2.45, 2.75) is 37.9 Å². The standard InChI is InChI=1S/C15H28O5/c1-17-8-14(16)9-18-6-12-2-4-13(5-3-12)7-19-10-15-11-20-15/h12-16H,2-11H2,1H3. The molecular weight excluding hydrogens is 260 g/mol. The van der Waals surface area contributed by atoms with E-state index in [1.165, 1.54) is 25.7 Å². The number of ether oxygens (including phenoxy) is 4. The van der Waals surface area contributed by atoms with E-state index in [0.29, 0.717) is 31.2 Å². The third-order valence-electron chi connectivity index (χ3n) is 4.05. The molecule has 2 rings (SSSR count). The van der Waals surface area contributed by atoms with Crippen LogP contribution >= 0.6 is 0 Å². The summed E-state index contributed by atoms with van der Waals surface area (Å²) in [5, 5.41) is 9.49. The molecule has 1 aliphatic carbocycles. The van der Waals surface area contributed by atoms with Gasteiger partial charge < -0.3 is 24.1 Å². The van der Waals surface area contributed by atoms with Crippen molar-refractivity contribution in [3.05, 3.63) is 0 Å². The summed E-state index contributed by atoms with van der Waals surface area (Å²) in [6, 6.07) is 0. The summed E-state index contributed by atoms with van der Waals surface area (Å²) in [5.74, 6) is 1.33. The van der Waals surface area contributed by atoms with Gasteiger partial charge in [-0.25, -0.2) is 0 Å². The Balaban J connectivity index is 1.46. The van der Waals surface area contributed by atoms with E-state index < -0.39 is 6.10 Å². The Bertz CT molecular complexity index is 249. The molecule has 2 fully saturated rings. The highest BCUT2D eigenvalue weighted by atomic mass is 16.6. The minimum atomic E-state index is -0.505. The van der Waals surface area contributed by atoms with Crippen molar-refractivity contribution < 1.29 is 24.1 Å². The van der Waals surface area contributed by atoms with Crippen LogP contribution in [0.4, 0.5) is 0 Å². The maximum atomic E-state index is 9.49. The molecule has 0 aromatic heterocycles. The molecule has 0 amide bonds. The van der Waals surface area contributed by atoms with Gasteiger partial charge in [0.05, 0.1) is 26.4 Å². The van der Waals surface area contributed by atoms with Crippen LogP contribution in [0.15, 0.2) is 0 Å². The summed E-state index contributed by atoms with van der Waals surface area (Å²) in [4.78, 5) is 0. The molecule has 118 valence electrons. The molecule has 2 unspecified atom stereocenters. The van der Waals surface area contributed by atoms with Crippen LogP contribution in [-0.4, -0.2) is 64.1 Å². The molecular formula is C15H28O5. The molecule has 2 atom stereocenters. The second kappa shape index (κ2) is 8.95. The van der Waals surface area contributed by atoms with Gasteiger partial charge in [0.2, 0.25) is 0 Å². The molecule has 2 aliphatic rings. The van der Waals surface area contributed by atoms with Gasteiger partial charge in [-0.15, -0.1) is 0 Å². The van der Waals surface area contributed by atoms with Crippen molar-refractivity contribution in [1.29, 1.82) is 0 Å². The highest BCUT2D eigenvalue weighted by molar-refractivity contribution is 4.73. The highest BCUT2D eigenvalue weighted by Gasteiger charge is 2.25. The summed E-state index contributed by atoms with van der Waals surface area (Å²) in [6.07, 6.45) is 4.72. The summed E-state index contributed by atoms with van der Waals surface area (Å²) >= 11 is 0. The minimum Gasteiger partial charge on any atom is -0.388 e. The lowest BCUT2D eigenvalue weighted by Crippen LogP contribution is -2.25. The maximum Gasteiger partial charge on any atom is 0.104 e. The fourth-order valence-corrected chi connectivity index (χ4v) is 2.71. The molecule has 20 heavy (non-hydrogen) atoms. The first-order valence-electron chi connectivity index (χ1n) is 7.72. The number of methoxy groups -OCH3 is 1. The monoisotopic (exact) mass is 288 g/mol. The van der Waals surface area contributed by atoms with Crippen LogP contribution in [0.2, 0.25) is 0 Å². The van der Waals surface area contributed by atoms with E-state index in [4.69, 9.17) is 18.9 Å². The molecule has 0 bridgehead atoms. The fraction of sp³-hybridized carbons (Fsp3) is 1.00. The van der Waals surface area contributed by atoms with Crippen LogP contribution in [0.3, 0.4) is 0 Å². The largest absolute Gasteiger partial charge is 0.388 e. The molecule has 0 aromatic carbocycles. The molecule has 0 spiro atoms. The van der Waals surface area contributed by atoms with Gasteiger partial charge in [0.1, 0.15) is 12.2 Å². The molecule has 1 aliphatic heterocycles. The van der Waals surface area contributed by atoms with Crippen molar-refractivity contribution in [2.75, 3.05) is 46.8 Å². The molecule has 5 nitrogen and oxygen atoms in total. The zero-order chi connectivity index (χ0) is 14.2. The first kappa shape index (κ1) is 16.2. The first-order chi connectivity index (χ1) is 9.78. The molecule has 1 N–H and O–H groups in total. The normalized spacial score (nSPS) is 31.2. The van der Waals surface area contributed by atoms with Crippen molar-refractivity contribution in [1.82, 2.24) is 0 Å². The Hall–Kier alpha value is -0.200. The quantitative estimate of drug-likeness (QED) is 0.613. The average molecular weight is 288 g/mol. The van der Waals surface area contributed by atoms with Gasteiger partial charge in [0.15, 0.2) is 0 Å². The van der Waals surface area contributed by atoms with E-state index >= 15 is 0 Å². The number of rotatable bonds is 10. The van der Waals surface area contributed by atoms with Gasteiger partial charge >= 0.3 is 0 Å². The molecule has 5 heteroatoms. The Morgan fingerprint density at radius 2 is 1.60 bits per heavy atom. The summed E-state index contributed by atoms with van der Waals surface area (Å²) in [7, 11) is 1.59. The van der Waals surface area contributed by atoms with Crippen molar-refractivity contribution in [3.8, 4) is 0 Å². The number of hydrogen-bond acceptors (Lipinski definition) is 5. The predicted octanol–water partition coefficient (Wildman–Crippen LogP) is 1.23. The number of aliphatic hydroxyl groups excluding tert-OH is 1. The lowest BCUT2D eigenvalue weighted by molar-refractivity contribution is -0.0215. The van der Waals surface area contributed by atoms with Crippen LogP contribution in [0, 0.1) is 11.8 Å². The summed E-state index contributed by atoms with van der Waals surface area (Å²) in [5.41, 5.74) is 0. The SMILES string of the molecule is COCC(O)COCC1CCC(COCC2CO2)CC1. The van der Waals surface area contributed by atoms with Gasteiger partial charge in [-0.2, -0.15) is 0 Å². The Morgan fingerprint density at radius 3 is 2.15 bits per heavy atom. The van der Waals surface area contributed by atoms with Crippen molar-refractivity contribution in [3.63, 3.8) is 0 Å². The van der Waals surface area contributed by atoms with Crippen molar-refractivity contribution >= 4 is 0 Å². The summed E-state index contributed by atoms with van der Waals surface area (Å²) < 4.78 is 21.2.